The van der Waals surface area contributed by atoms with Crippen molar-refractivity contribution in [3.63, 3.8) is 0 Å². The van der Waals surface area contributed by atoms with E-state index in [-0.39, 0.29) is 10.7 Å². The summed E-state index contributed by atoms with van der Waals surface area (Å²) in [5.74, 6) is 0. The van der Waals surface area contributed by atoms with Gasteiger partial charge in [0.15, 0.2) is 16.0 Å². The van der Waals surface area contributed by atoms with Gasteiger partial charge >= 0.3 is 0 Å². The predicted octanol–water partition coefficient (Wildman–Crippen LogP) is 3.56. The van der Waals surface area contributed by atoms with Gasteiger partial charge in [0.2, 0.25) is 0 Å². The van der Waals surface area contributed by atoms with Crippen molar-refractivity contribution in [3.05, 3.63) is 70.3 Å². The van der Waals surface area contributed by atoms with E-state index in [2.05, 4.69) is 24.9 Å². The van der Waals surface area contributed by atoms with Crippen LogP contribution in [0.25, 0.3) is 27.8 Å². The Bertz CT molecular complexity index is 1450. The lowest BCUT2D eigenvalue weighted by Gasteiger charge is -2.14. The van der Waals surface area contributed by atoms with Crippen LogP contribution in [0.5, 0.6) is 0 Å². The fraction of sp³-hybridized carbons (Fsp3) is 0.0526. The maximum Gasteiger partial charge on any atom is 0.267 e. The summed E-state index contributed by atoms with van der Waals surface area (Å²) in [5.41, 5.74) is 2.87. The van der Waals surface area contributed by atoms with Crippen molar-refractivity contribution < 1.29 is 0 Å². The quantitative estimate of drug-likeness (QED) is 0.270. The van der Waals surface area contributed by atoms with Crippen molar-refractivity contribution in [3.8, 4) is 5.69 Å². The van der Waals surface area contributed by atoms with Crippen LogP contribution in [-0.2, 0) is 0 Å². The Morgan fingerprint density at radius 1 is 1.10 bits per heavy atom. The van der Waals surface area contributed by atoms with Gasteiger partial charge in [-0.15, -0.1) is 0 Å². The van der Waals surface area contributed by atoms with Gasteiger partial charge in [-0.1, -0.05) is 23.7 Å². The van der Waals surface area contributed by atoms with Crippen molar-refractivity contribution in [2.45, 2.75) is 17.1 Å². The van der Waals surface area contributed by atoms with Gasteiger partial charge in [-0.25, -0.2) is 24.9 Å². The first-order valence-corrected chi connectivity index (χ1v) is 9.78. The molecule has 0 aliphatic carbocycles. The summed E-state index contributed by atoms with van der Waals surface area (Å²) in [6.45, 7) is 1.88. The summed E-state index contributed by atoms with van der Waals surface area (Å²) in [6.07, 6.45) is 4.55. The predicted molar refractivity (Wildman–Crippen MR) is 111 cm³/mol. The van der Waals surface area contributed by atoms with Crippen LogP contribution in [0.1, 0.15) is 5.56 Å². The lowest BCUT2D eigenvalue weighted by atomic mass is 10.1. The molecule has 5 aromatic rings. The van der Waals surface area contributed by atoms with Crippen molar-refractivity contribution >= 4 is 45.4 Å². The molecule has 10 heteroatoms. The molecule has 1 aromatic carbocycles. The van der Waals surface area contributed by atoms with Crippen molar-refractivity contribution in [2.75, 3.05) is 0 Å². The number of pyridine rings is 1. The number of H-pyrrole nitrogens is 1. The largest absolute Gasteiger partial charge is 0.341 e. The zero-order chi connectivity index (χ0) is 20.0. The average Bonchev–Trinajstić information content (AvgIpc) is 3.19. The van der Waals surface area contributed by atoms with E-state index < -0.39 is 0 Å². The summed E-state index contributed by atoms with van der Waals surface area (Å²) in [4.78, 5) is 38.0. The number of aryl methyl sites for hydroxylation is 1. The number of aromatic nitrogens is 7. The molecule has 0 spiro atoms. The third-order valence-electron chi connectivity index (χ3n) is 4.43. The second-order valence-electron chi connectivity index (χ2n) is 6.20. The van der Waals surface area contributed by atoms with E-state index in [0.717, 1.165) is 5.56 Å². The molecule has 0 aliphatic heterocycles. The third kappa shape index (κ3) is 2.95. The van der Waals surface area contributed by atoms with Crippen LogP contribution in [0.2, 0.25) is 5.15 Å². The summed E-state index contributed by atoms with van der Waals surface area (Å²) in [6, 6.07) is 9.03. The molecule has 29 heavy (non-hydrogen) atoms. The number of nitrogens with one attached hydrogen (secondary N) is 1. The fourth-order valence-corrected chi connectivity index (χ4v) is 4.25. The van der Waals surface area contributed by atoms with Crippen molar-refractivity contribution in [1.29, 1.82) is 0 Å². The van der Waals surface area contributed by atoms with E-state index in [0.29, 0.717) is 37.9 Å². The van der Waals surface area contributed by atoms with Crippen molar-refractivity contribution in [2.24, 2.45) is 0 Å². The van der Waals surface area contributed by atoms with E-state index >= 15 is 0 Å². The second-order valence-corrected chi connectivity index (χ2v) is 7.51. The highest BCUT2D eigenvalue weighted by Gasteiger charge is 2.19. The average molecular weight is 422 g/mol. The maximum absolute atomic E-state index is 13.5. The van der Waals surface area contributed by atoms with Crippen LogP contribution >= 0.6 is 23.4 Å². The molecular formula is C19H12ClN7OS. The van der Waals surface area contributed by atoms with E-state index in [1.165, 1.54) is 22.7 Å². The molecule has 0 radical (unpaired) electrons. The Kier molecular flexibility index (Phi) is 4.26. The normalized spacial score (nSPS) is 11.4. The maximum atomic E-state index is 13.5. The molecular weight excluding hydrogens is 410 g/mol. The van der Waals surface area contributed by atoms with Gasteiger partial charge in [-0.2, -0.15) is 0 Å². The second kappa shape index (κ2) is 6.94. The number of imidazole rings is 1. The van der Waals surface area contributed by atoms with Gasteiger partial charge < -0.3 is 4.98 Å². The first-order valence-electron chi connectivity index (χ1n) is 8.58. The lowest BCUT2D eigenvalue weighted by molar-refractivity contribution is 0.813. The number of hydrogen-bond donors (Lipinski definition) is 1. The summed E-state index contributed by atoms with van der Waals surface area (Å²) in [5, 5.41) is 1.75. The molecule has 5 rings (SSSR count). The van der Waals surface area contributed by atoms with Gasteiger partial charge in [0.25, 0.3) is 5.56 Å². The first kappa shape index (κ1) is 17.8. The number of nitrogens with zero attached hydrogens (tertiary/aromatic N) is 6. The van der Waals surface area contributed by atoms with Gasteiger partial charge in [0, 0.05) is 6.20 Å². The van der Waals surface area contributed by atoms with Crippen LogP contribution in [0.15, 0.2) is 64.2 Å². The minimum atomic E-state index is -0.222. The Balaban J connectivity index is 1.82. The van der Waals surface area contributed by atoms with Crippen LogP contribution in [0.3, 0.4) is 0 Å². The Hall–Kier alpha value is -3.30. The van der Waals surface area contributed by atoms with Crippen LogP contribution in [0.4, 0.5) is 0 Å². The SMILES string of the molecule is Cc1cccc2nc(Sc3ncnc4nc[nH]c34)n(-c3cccnc3Cl)c(=O)c12. The molecule has 0 unspecified atom stereocenters. The number of halogens is 1. The fourth-order valence-electron chi connectivity index (χ4n) is 3.11. The molecule has 0 fully saturated rings. The zero-order valence-electron chi connectivity index (χ0n) is 15.0. The molecule has 8 nitrogen and oxygen atoms in total. The Morgan fingerprint density at radius 2 is 2.00 bits per heavy atom. The highest BCUT2D eigenvalue weighted by Crippen LogP contribution is 2.31. The Labute approximate surface area is 173 Å². The number of fused-ring (bicyclic) bond motifs is 2. The molecule has 0 aliphatic rings. The molecule has 0 bridgehead atoms. The van der Waals surface area contributed by atoms with Gasteiger partial charge in [-0.3, -0.25) is 9.36 Å². The number of hydrogen-bond acceptors (Lipinski definition) is 7. The minimum absolute atomic E-state index is 0.209. The van der Waals surface area contributed by atoms with Gasteiger partial charge in [0.1, 0.15) is 16.9 Å². The Morgan fingerprint density at radius 3 is 2.86 bits per heavy atom. The first-order chi connectivity index (χ1) is 14.1. The highest BCUT2D eigenvalue weighted by atomic mass is 35.5. The molecule has 1 N–H and O–H groups in total. The van der Waals surface area contributed by atoms with Gasteiger partial charge in [-0.05, 0) is 42.4 Å². The van der Waals surface area contributed by atoms with Gasteiger partial charge in [0.05, 0.1) is 22.9 Å². The van der Waals surface area contributed by atoms with E-state index in [9.17, 15) is 4.79 Å². The molecule has 0 amide bonds. The zero-order valence-corrected chi connectivity index (χ0v) is 16.6. The number of aromatic amines is 1. The smallest absolute Gasteiger partial charge is 0.267 e. The molecule has 142 valence electrons. The number of benzene rings is 1. The molecule has 0 atom stereocenters. The van der Waals surface area contributed by atoms with Crippen LogP contribution in [0, 0.1) is 6.92 Å². The lowest BCUT2D eigenvalue weighted by Crippen LogP contribution is -2.23. The molecule has 0 saturated heterocycles. The standard InChI is InChI=1S/C19H12ClN7OS/c1-10-4-2-5-11-13(10)18(28)27(12-6-3-7-21-15(12)20)19(26-11)29-17-14-16(23-8-22-14)24-9-25-17/h2-9H,1H3,(H,22,23,24,25). The van der Waals surface area contributed by atoms with E-state index in [1.54, 1.807) is 24.7 Å². The van der Waals surface area contributed by atoms with E-state index in [4.69, 9.17) is 16.6 Å². The monoisotopic (exact) mass is 421 g/mol. The van der Waals surface area contributed by atoms with Crippen molar-refractivity contribution in [1.82, 2.24) is 34.5 Å². The summed E-state index contributed by atoms with van der Waals surface area (Å²) < 4.78 is 1.47. The highest BCUT2D eigenvalue weighted by molar-refractivity contribution is 7.99. The third-order valence-corrected chi connectivity index (χ3v) is 5.68. The van der Waals surface area contributed by atoms with E-state index in [1.807, 2.05) is 25.1 Å². The topological polar surface area (TPSA) is 102 Å². The summed E-state index contributed by atoms with van der Waals surface area (Å²) >= 11 is 7.55. The molecule has 0 saturated carbocycles. The molecule has 4 aromatic heterocycles. The summed E-state index contributed by atoms with van der Waals surface area (Å²) in [7, 11) is 0. The molecule has 4 heterocycles. The van der Waals surface area contributed by atoms with Crippen LogP contribution < -0.4 is 5.56 Å². The number of rotatable bonds is 3. The minimum Gasteiger partial charge on any atom is -0.341 e. The van der Waals surface area contributed by atoms with Crippen LogP contribution in [-0.4, -0.2) is 34.5 Å².